The van der Waals surface area contributed by atoms with Crippen LogP contribution in [0, 0.1) is 11.8 Å². The van der Waals surface area contributed by atoms with Crippen LogP contribution in [0.5, 0.6) is 0 Å². The fourth-order valence-corrected chi connectivity index (χ4v) is 3.56. The lowest BCUT2D eigenvalue weighted by atomic mass is 9.76. The molecule has 0 aromatic rings. The predicted octanol–water partition coefficient (Wildman–Crippen LogP) is 0.861. The zero-order valence-electron chi connectivity index (χ0n) is 10.5. The molecule has 1 saturated carbocycles. The van der Waals surface area contributed by atoms with Crippen LogP contribution >= 0.6 is 0 Å². The lowest BCUT2D eigenvalue weighted by molar-refractivity contribution is -0.151. The molecule has 2 aliphatic rings. The number of carboxylic acids is 1. The number of carboxylic acid groups (broad SMARTS) is 1. The second-order valence-corrected chi connectivity index (χ2v) is 5.38. The van der Waals surface area contributed by atoms with E-state index in [1.165, 1.54) is 24.2 Å². The van der Waals surface area contributed by atoms with Gasteiger partial charge in [-0.05, 0) is 18.3 Å². The summed E-state index contributed by atoms with van der Waals surface area (Å²) in [7, 11) is 0. The average molecular weight is 255 g/mol. The van der Waals surface area contributed by atoms with Crippen LogP contribution in [0.4, 0.5) is 0 Å². The van der Waals surface area contributed by atoms with Gasteiger partial charge in [0, 0.05) is 6.54 Å². The third kappa shape index (κ3) is 2.51. The molecule has 0 bridgehead atoms. The molecular formula is C13H21NO4. The second kappa shape index (κ2) is 5.69. The fourth-order valence-electron chi connectivity index (χ4n) is 3.56. The number of aliphatic hydroxyl groups excluding tert-OH is 1. The Hall–Kier alpha value is -1.10. The number of aliphatic carboxylic acids is 1. The molecule has 1 aliphatic carbocycles. The van der Waals surface area contributed by atoms with Gasteiger partial charge in [0.25, 0.3) is 0 Å². The maximum atomic E-state index is 11.6. The van der Waals surface area contributed by atoms with E-state index in [0.717, 1.165) is 19.3 Å². The number of amides is 1. The minimum atomic E-state index is -0.926. The molecule has 0 aromatic heterocycles. The Kier molecular flexibility index (Phi) is 4.22. The van der Waals surface area contributed by atoms with Gasteiger partial charge in [-0.15, -0.1) is 0 Å². The van der Waals surface area contributed by atoms with Crippen LogP contribution in [-0.4, -0.2) is 46.2 Å². The van der Waals surface area contributed by atoms with Gasteiger partial charge < -0.3 is 15.1 Å². The monoisotopic (exact) mass is 255 g/mol. The Morgan fingerprint density at radius 2 is 1.78 bits per heavy atom. The van der Waals surface area contributed by atoms with Crippen LogP contribution in [0.25, 0.3) is 0 Å². The molecule has 18 heavy (non-hydrogen) atoms. The van der Waals surface area contributed by atoms with Crippen molar-refractivity contribution in [2.75, 3.05) is 13.2 Å². The van der Waals surface area contributed by atoms with E-state index >= 15 is 0 Å². The highest BCUT2D eigenvalue weighted by Crippen LogP contribution is 2.38. The number of aliphatic hydroxyl groups is 1. The molecule has 1 heterocycles. The Labute approximate surface area is 107 Å². The third-order valence-corrected chi connectivity index (χ3v) is 4.41. The van der Waals surface area contributed by atoms with Crippen LogP contribution in [0.3, 0.4) is 0 Å². The standard InChI is InChI=1S/C13H21NO4/c15-8-11(16)14-7-6-10(12(14)13(17)18)9-4-2-1-3-5-9/h9-10,12,15H,1-8H2,(H,17,18)/t10?,12-/m1/s1. The number of carbonyl (C=O) groups excluding carboxylic acids is 1. The fraction of sp³-hybridized carbons (Fsp3) is 0.846. The van der Waals surface area contributed by atoms with Crippen LogP contribution in [0.2, 0.25) is 0 Å². The molecule has 102 valence electrons. The molecule has 2 rings (SSSR count). The number of hydrogen-bond donors (Lipinski definition) is 2. The molecule has 0 radical (unpaired) electrons. The first-order chi connectivity index (χ1) is 8.65. The highest BCUT2D eigenvalue weighted by atomic mass is 16.4. The zero-order chi connectivity index (χ0) is 13.1. The molecule has 1 amide bonds. The summed E-state index contributed by atoms with van der Waals surface area (Å²) in [6.45, 7) is -0.126. The van der Waals surface area contributed by atoms with Crippen molar-refractivity contribution in [2.45, 2.75) is 44.6 Å². The quantitative estimate of drug-likeness (QED) is 0.784. The molecule has 2 N–H and O–H groups in total. The second-order valence-electron chi connectivity index (χ2n) is 5.38. The van der Waals surface area contributed by atoms with Crippen molar-refractivity contribution in [3.63, 3.8) is 0 Å². The normalized spacial score (nSPS) is 29.5. The number of nitrogens with zero attached hydrogens (tertiary/aromatic N) is 1. The van der Waals surface area contributed by atoms with E-state index in [4.69, 9.17) is 5.11 Å². The van der Waals surface area contributed by atoms with E-state index in [1.54, 1.807) is 0 Å². The first-order valence-electron chi connectivity index (χ1n) is 6.78. The van der Waals surface area contributed by atoms with E-state index in [9.17, 15) is 14.7 Å². The molecule has 0 spiro atoms. The summed E-state index contributed by atoms with van der Waals surface area (Å²) < 4.78 is 0. The van der Waals surface area contributed by atoms with Gasteiger partial charge >= 0.3 is 5.97 Å². The van der Waals surface area contributed by atoms with Crippen molar-refractivity contribution in [3.05, 3.63) is 0 Å². The Morgan fingerprint density at radius 3 is 2.33 bits per heavy atom. The van der Waals surface area contributed by atoms with Crippen LogP contribution in [-0.2, 0) is 9.59 Å². The number of likely N-dealkylation sites (tertiary alicyclic amines) is 1. The van der Waals surface area contributed by atoms with Crippen molar-refractivity contribution in [1.29, 1.82) is 0 Å². The summed E-state index contributed by atoms with van der Waals surface area (Å²) >= 11 is 0. The van der Waals surface area contributed by atoms with Crippen molar-refractivity contribution >= 4 is 11.9 Å². The molecule has 1 unspecified atom stereocenters. The van der Waals surface area contributed by atoms with E-state index in [1.807, 2.05) is 0 Å². The van der Waals surface area contributed by atoms with E-state index in [-0.39, 0.29) is 5.92 Å². The molecule has 5 heteroatoms. The number of hydrogen-bond acceptors (Lipinski definition) is 3. The van der Waals surface area contributed by atoms with Crippen LogP contribution in [0.1, 0.15) is 38.5 Å². The van der Waals surface area contributed by atoms with E-state index in [0.29, 0.717) is 12.5 Å². The molecule has 0 aromatic carbocycles. The summed E-state index contributed by atoms with van der Waals surface area (Å²) in [5.41, 5.74) is 0. The molecule has 5 nitrogen and oxygen atoms in total. The summed E-state index contributed by atoms with van der Waals surface area (Å²) in [5.74, 6) is -0.889. The average Bonchev–Trinajstić information content (AvgIpc) is 2.83. The van der Waals surface area contributed by atoms with Gasteiger partial charge in [0.15, 0.2) is 0 Å². The lowest BCUT2D eigenvalue weighted by Crippen LogP contribution is -2.46. The molecule has 2 atom stereocenters. The van der Waals surface area contributed by atoms with Crippen LogP contribution in [0.15, 0.2) is 0 Å². The van der Waals surface area contributed by atoms with Crippen molar-refractivity contribution in [1.82, 2.24) is 4.90 Å². The summed E-state index contributed by atoms with van der Waals surface area (Å²) in [6.07, 6.45) is 6.49. The smallest absolute Gasteiger partial charge is 0.326 e. The van der Waals surface area contributed by atoms with Gasteiger partial charge in [-0.1, -0.05) is 32.1 Å². The number of carbonyl (C=O) groups is 2. The zero-order valence-corrected chi connectivity index (χ0v) is 10.5. The maximum Gasteiger partial charge on any atom is 0.326 e. The molecule has 1 aliphatic heterocycles. The minimum absolute atomic E-state index is 0.0679. The largest absolute Gasteiger partial charge is 0.480 e. The minimum Gasteiger partial charge on any atom is -0.480 e. The third-order valence-electron chi connectivity index (χ3n) is 4.41. The first-order valence-corrected chi connectivity index (χ1v) is 6.78. The van der Waals surface area contributed by atoms with Gasteiger partial charge in [0.05, 0.1) is 0 Å². The highest BCUT2D eigenvalue weighted by Gasteiger charge is 2.44. The molecule has 2 fully saturated rings. The van der Waals surface area contributed by atoms with Gasteiger partial charge in [0.1, 0.15) is 12.6 Å². The van der Waals surface area contributed by atoms with E-state index in [2.05, 4.69) is 0 Å². The number of rotatable bonds is 3. The van der Waals surface area contributed by atoms with Crippen LogP contribution < -0.4 is 0 Å². The Bertz CT molecular complexity index is 325. The van der Waals surface area contributed by atoms with Gasteiger partial charge in [-0.3, -0.25) is 4.79 Å². The Balaban J connectivity index is 2.10. The highest BCUT2D eigenvalue weighted by molar-refractivity contribution is 5.85. The van der Waals surface area contributed by atoms with Crippen molar-refractivity contribution in [2.24, 2.45) is 11.8 Å². The first kappa shape index (κ1) is 13.3. The maximum absolute atomic E-state index is 11.6. The predicted molar refractivity (Wildman–Crippen MR) is 64.9 cm³/mol. The summed E-state index contributed by atoms with van der Waals surface area (Å²) in [4.78, 5) is 24.3. The summed E-state index contributed by atoms with van der Waals surface area (Å²) in [6, 6.07) is -0.729. The Morgan fingerprint density at radius 1 is 1.11 bits per heavy atom. The van der Waals surface area contributed by atoms with Gasteiger partial charge in [0.2, 0.25) is 5.91 Å². The van der Waals surface area contributed by atoms with Gasteiger partial charge in [-0.25, -0.2) is 4.79 Å². The summed E-state index contributed by atoms with van der Waals surface area (Å²) in [5, 5.41) is 18.3. The van der Waals surface area contributed by atoms with E-state index < -0.39 is 24.5 Å². The van der Waals surface area contributed by atoms with Gasteiger partial charge in [-0.2, -0.15) is 0 Å². The molecular weight excluding hydrogens is 234 g/mol. The van der Waals surface area contributed by atoms with Crippen molar-refractivity contribution < 1.29 is 19.8 Å². The van der Waals surface area contributed by atoms with Crippen molar-refractivity contribution in [3.8, 4) is 0 Å². The lowest BCUT2D eigenvalue weighted by Gasteiger charge is -2.31. The SMILES string of the molecule is O=C(O)[C@H]1C(C2CCCCC2)CCN1C(=O)CO. The molecule has 1 saturated heterocycles. The topological polar surface area (TPSA) is 77.8 Å².